The molecule has 2 aromatic carbocycles. The minimum absolute atomic E-state index is 0.0599. The van der Waals surface area contributed by atoms with Crippen LogP contribution in [0.3, 0.4) is 0 Å². The van der Waals surface area contributed by atoms with Gasteiger partial charge in [0.2, 0.25) is 5.91 Å². The van der Waals surface area contributed by atoms with Crippen molar-refractivity contribution >= 4 is 62.2 Å². The Balaban J connectivity index is 1.13. The first-order chi connectivity index (χ1) is 26.8. The number of nitrogens with zero attached hydrogens (tertiary/aromatic N) is 8. The van der Waals surface area contributed by atoms with E-state index in [2.05, 4.69) is 54.0 Å². The lowest BCUT2D eigenvalue weighted by Crippen LogP contribution is -2.45. The maximum atomic E-state index is 17.3. The van der Waals surface area contributed by atoms with Crippen LogP contribution in [-0.4, -0.2) is 66.7 Å². The number of hydrogen-bond donors (Lipinski definition) is 1. The molecular formula is C42H38Cl2FN9O. The highest BCUT2D eigenvalue weighted by Gasteiger charge is 2.55. The van der Waals surface area contributed by atoms with Crippen LogP contribution in [-0.2, 0) is 11.2 Å². The molecule has 6 aromatic rings. The topological polar surface area (TPSA) is 107 Å². The highest BCUT2D eigenvalue weighted by molar-refractivity contribution is 6.43. The Kier molecular flexibility index (Phi) is 7.55. The van der Waals surface area contributed by atoms with Crippen LogP contribution in [0.1, 0.15) is 61.1 Å². The number of nitrogens with one attached hydrogen (secondary N) is 1. The molecule has 6 fully saturated rings. The molecule has 1 N–H and O–H groups in total. The molecule has 10 nitrogen and oxygen atoms in total. The Bertz CT molecular complexity index is 2630. The Morgan fingerprint density at radius 3 is 2.75 bits per heavy atom. The van der Waals surface area contributed by atoms with Gasteiger partial charge in [-0.2, -0.15) is 10.4 Å². The third-order valence-electron chi connectivity index (χ3n) is 13.1. The normalized spacial score (nSPS) is 25.7. The maximum Gasteiger partial charge on any atom is 0.226 e. The van der Waals surface area contributed by atoms with Gasteiger partial charge in [-0.1, -0.05) is 35.3 Å². The Hall–Kier alpha value is -4.76. The monoisotopic (exact) mass is 773 g/mol. The minimum atomic E-state index is -0.467. The minimum Gasteiger partial charge on any atom is -0.369 e. The molecule has 55 heavy (non-hydrogen) atoms. The molecule has 4 aromatic heterocycles. The SMILES string of the molecule is Cc1nc2c(F)c(-c3cccc(Cl)c3Cl)c(CCC#N)cc2c2c1cc(C1C3CC(CN(c4ccn5ncnc5c4)C3)N1C(=O)C1CC1)n2C1C2CNC1C2. The molecular weight excluding hydrogens is 736 g/mol. The van der Waals surface area contributed by atoms with Gasteiger partial charge in [-0.25, -0.2) is 18.9 Å². The predicted octanol–water partition coefficient (Wildman–Crippen LogP) is 7.83. The summed E-state index contributed by atoms with van der Waals surface area (Å²) in [6.07, 6.45) is 7.96. The third-order valence-corrected chi connectivity index (χ3v) is 14.0. The largest absolute Gasteiger partial charge is 0.369 e. The number of amides is 1. The number of rotatable bonds is 7. The van der Waals surface area contributed by atoms with Gasteiger partial charge >= 0.3 is 0 Å². The molecule has 4 saturated heterocycles. The summed E-state index contributed by atoms with van der Waals surface area (Å²) in [5.41, 5.74) is 6.46. The number of carbonyl (C=O) groups is 1. The van der Waals surface area contributed by atoms with Crippen molar-refractivity contribution in [2.75, 3.05) is 24.5 Å². The van der Waals surface area contributed by atoms with E-state index >= 15 is 4.39 Å². The van der Waals surface area contributed by atoms with E-state index in [1.807, 2.05) is 19.2 Å². The molecule has 2 aliphatic carbocycles. The van der Waals surface area contributed by atoms with E-state index < -0.39 is 5.82 Å². The van der Waals surface area contributed by atoms with Gasteiger partial charge in [0.25, 0.3) is 0 Å². The lowest BCUT2D eigenvalue weighted by molar-refractivity contribution is -0.135. The van der Waals surface area contributed by atoms with E-state index in [-0.39, 0.29) is 58.9 Å². The fourth-order valence-electron chi connectivity index (χ4n) is 10.5. The van der Waals surface area contributed by atoms with E-state index in [9.17, 15) is 10.1 Å². The summed E-state index contributed by atoms with van der Waals surface area (Å²) < 4.78 is 21.6. The van der Waals surface area contributed by atoms with Gasteiger partial charge in [0.05, 0.1) is 39.8 Å². The van der Waals surface area contributed by atoms with Crippen molar-refractivity contribution in [3.63, 3.8) is 0 Å². The number of pyridine rings is 2. The molecule has 2 saturated carbocycles. The van der Waals surface area contributed by atoms with Crippen molar-refractivity contribution in [1.82, 2.24) is 34.4 Å². The van der Waals surface area contributed by atoms with E-state index in [4.69, 9.17) is 28.2 Å². The van der Waals surface area contributed by atoms with Crippen LogP contribution in [0, 0.1) is 41.8 Å². The fourth-order valence-corrected chi connectivity index (χ4v) is 10.9. The van der Waals surface area contributed by atoms with Crippen molar-refractivity contribution in [3.8, 4) is 17.2 Å². The number of nitriles is 1. The van der Waals surface area contributed by atoms with Gasteiger partial charge in [0, 0.05) is 95.2 Å². The van der Waals surface area contributed by atoms with Crippen LogP contribution in [0.2, 0.25) is 10.0 Å². The average molecular weight is 775 g/mol. The first-order valence-electron chi connectivity index (χ1n) is 19.4. The number of fused-ring (bicyclic) bond motifs is 7. The maximum absolute atomic E-state index is 17.3. The van der Waals surface area contributed by atoms with Gasteiger partial charge in [-0.05, 0) is 74.8 Å². The van der Waals surface area contributed by atoms with Gasteiger partial charge < -0.3 is 19.7 Å². The lowest BCUT2D eigenvalue weighted by Gasteiger charge is -2.40. The number of carbonyl (C=O) groups excluding carboxylic acids is 1. The van der Waals surface area contributed by atoms with E-state index in [1.165, 1.54) is 0 Å². The lowest BCUT2D eigenvalue weighted by atomic mass is 9.79. The van der Waals surface area contributed by atoms with Crippen molar-refractivity contribution in [1.29, 1.82) is 5.26 Å². The summed E-state index contributed by atoms with van der Waals surface area (Å²) in [5, 5.41) is 20.0. The number of benzene rings is 2. The summed E-state index contributed by atoms with van der Waals surface area (Å²) >= 11 is 13.2. The van der Waals surface area contributed by atoms with E-state index in [1.54, 1.807) is 29.0 Å². The molecule has 278 valence electrons. The second kappa shape index (κ2) is 12.4. The molecule has 0 spiro atoms. The highest BCUT2D eigenvalue weighted by Crippen LogP contribution is 2.54. The van der Waals surface area contributed by atoms with Gasteiger partial charge in [-0.3, -0.25) is 4.79 Å². The van der Waals surface area contributed by atoms with Crippen LogP contribution < -0.4 is 10.2 Å². The van der Waals surface area contributed by atoms with Crippen LogP contribution in [0.5, 0.6) is 0 Å². The Labute approximate surface area is 326 Å². The van der Waals surface area contributed by atoms with Crippen molar-refractivity contribution in [2.45, 2.75) is 69.6 Å². The standard InChI is InChI=1S/C42H38Cl2FN9O/c1-21-29-16-33(40-25-12-27(53(40)42(55)22-7-8-22)19-51(18-25)26-9-11-52-34(15-26)48-20-49-52)54(39-24-14-32(39)47-17-24)41(29)30-13-23(4-3-10-46)35(37(45)38(30)50-21)28-5-2-6-31(43)36(28)44/h2,5-6,9,11,13,15-16,20,22,24-25,27,32,39-40,47H,3-4,7-8,12,14,17-19H2,1H3. The number of anilines is 1. The predicted molar refractivity (Wildman–Crippen MR) is 210 cm³/mol. The zero-order valence-corrected chi connectivity index (χ0v) is 31.7. The summed E-state index contributed by atoms with van der Waals surface area (Å²) in [4.78, 5) is 28.6. The molecule has 4 aliphatic heterocycles. The van der Waals surface area contributed by atoms with Gasteiger partial charge in [0.15, 0.2) is 11.5 Å². The number of hydrogen-bond acceptors (Lipinski definition) is 7. The zero-order chi connectivity index (χ0) is 37.3. The number of piperidine rings is 1. The molecule has 12 rings (SSSR count). The van der Waals surface area contributed by atoms with E-state index in [0.717, 1.165) is 84.3 Å². The van der Waals surface area contributed by atoms with Crippen molar-refractivity contribution in [3.05, 3.63) is 87.8 Å². The number of likely N-dealkylation sites (tertiary alicyclic amines) is 1. The van der Waals surface area contributed by atoms with E-state index in [0.29, 0.717) is 34.1 Å². The molecule has 6 atom stereocenters. The van der Waals surface area contributed by atoms with Crippen LogP contribution in [0.25, 0.3) is 38.6 Å². The zero-order valence-electron chi connectivity index (χ0n) is 30.2. The quantitative estimate of drug-likeness (QED) is 0.176. The van der Waals surface area contributed by atoms with Gasteiger partial charge in [0.1, 0.15) is 11.8 Å². The van der Waals surface area contributed by atoms with Gasteiger partial charge in [-0.15, -0.1) is 0 Å². The first kappa shape index (κ1) is 33.6. The summed E-state index contributed by atoms with van der Waals surface area (Å²) in [7, 11) is 0. The third kappa shape index (κ3) is 5.00. The number of aryl methyl sites for hydroxylation is 2. The second-order valence-corrected chi connectivity index (χ2v) is 17.0. The summed E-state index contributed by atoms with van der Waals surface area (Å²) in [6, 6.07) is 16.3. The van der Waals surface area contributed by atoms with Crippen LogP contribution in [0.15, 0.2) is 55.0 Å². The Morgan fingerprint density at radius 1 is 1.09 bits per heavy atom. The molecule has 6 unspecified atom stereocenters. The molecule has 1 amide bonds. The summed E-state index contributed by atoms with van der Waals surface area (Å²) in [6.45, 7) is 4.43. The molecule has 6 aliphatic rings. The summed E-state index contributed by atoms with van der Waals surface area (Å²) in [5.74, 6) is 0.468. The van der Waals surface area contributed by atoms with Crippen molar-refractivity contribution < 1.29 is 9.18 Å². The highest BCUT2D eigenvalue weighted by atomic mass is 35.5. The van der Waals surface area contributed by atoms with Crippen LogP contribution in [0.4, 0.5) is 10.1 Å². The average Bonchev–Trinajstić information content (AvgIpc) is 3.55. The number of aromatic nitrogens is 5. The number of halogens is 3. The second-order valence-electron chi connectivity index (χ2n) is 16.2. The smallest absolute Gasteiger partial charge is 0.226 e. The van der Waals surface area contributed by atoms with Crippen molar-refractivity contribution in [2.24, 2.45) is 17.8 Å². The Morgan fingerprint density at radius 2 is 1.96 bits per heavy atom. The molecule has 8 heterocycles. The fraction of sp³-hybridized carbons (Fsp3) is 0.405. The molecule has 0 radical (unpaired) electrons. The molecule has 4 bridgehead atoms. The first-order valence-corrected chi connectivity index (χ1v) is 20.1. The van der Waals surface area contributed by atoms with Crippen LogP contribution >= 0.6 is 23.2 Å². The molecule has 13 heteroatoms.